The van der Waals surface area contributed by atoms with Crippen LogP contribution < -0.4 is 5.73 Å². The van der Waals surface area contributed by atoms with E-state index in [0.29, 0.717) is 0 Å². The molecule has 0 radical (unpaired) electrons. The second-order valence-corrected chi connectivity index (χ2v) is 8.07. The summed E-state index contributed by atoms with van der Waals surface area (Å²) in [5.41, 5.74) is -5.75. The fourth-order valence-corrected chi connectivity index (χ4v) is 4.47. The maximum atomic E-state index is 14.8. The minimum Gasteiger partial charge on any atom is -0.366 e. The molecule has 0 bridgehead atoms. The fourth-order valence-electron chi connectivity index (χ4n) is 2.89. The van der Waals surface area contributed by atoms with Crippen LogP contribution in [0.5, 0.6) is 0 Å². The van der Waals surface area contributed by atoms with Gasteiger partial charge in [0.05, 0.1) is 16.1 Å². The monoisotopic (exact) mass is 616 g/mol. The number of primary amides is 1. The van der Waals surface area contributed by atoms with Gasteiger partial charge in [-0.1, -0.05) is 37.9 Å². The average Bonchev–Trinajstić information content (AvgIpc) is 2.64. The molecule has 0 spiro atoms. The van der Waals surface area contributed by atoms with Crippen molar-refractivity contribution in [3.63, 3.8) is 0 Å². The summed E-state index contributed by atoms with van der Waals surface area (Å²) in [7, 11) is 0. The van der Waals surface area contributed by atoms with Gasteiger partial charge in [0.25, 0.3) is 5.69 Å². The van der Waals surface area contributed by atoms with E-state index in [-0.39, 0.29) is 12.1 Å². The SMILES string of the molecule is NC(=O)c1cccc([N+](=O)[O-])c1-c1c(Br)cc(C(F)(C(F)(F)F)C(F)(F)C(F)(F)F)cc1Br. The standard InChI is InChI=1S/C17H7Br2F9N2O3/c18-8-4-6(14(20,16(23,24)25)15(21,22)17(26,27)28)5-9(19)12(8)11-7(13(29)31)2-1-3-10(11)30(32)33/h1-5H,(H2,29,31). The number of carbonyl (C=O) groups excluding carboxylic acids is 1. The molecule has 0 aliphatic heterocycles. The van der Waals surface area contributed by atoms with Crippen molar-refractivity contribution in [2.75, 3.05) is 0 Å². The average molecular weight is 618 g/mol. The van der Waals surface area contributed by atoms with Crippen molar-refractivity contribution in [1.29, 1.82) is 0 Å². The van der Waals surface area contributed by atoms with Gasteiger partial charge in [0.2, 0.25) is 5.91 Å². The molecule has 0 aliphatic carbocycles. The third-order valence-electron chi connectivity index (χ3n) is 4.37. The maximum absolute atomic E-state index is 14.8. The van der Waals surface area contributed by atoms with E-state index in [1.807, 2.05) is 0 Å². The minimum absolute atomic E-state index is 0.0469. The Morgan fingerprint density at radius 1 is 0.879 bits per heavy atom. The zero-order valence-corrected chi connectivity index (χ0v) is 18.5. The number of nitro groups is 1. The van der Waals surface area contributed by atoms with Crippen LogP contribution in [0.2, 0.25) is 0 Å². The molecule has 5 nitrogen and oxygen atoms in total. The van der Waals surface area contributed by atoms with Crippen LogP contribution in [-0.4, -0.2) is 29.1 Å². The van der Waals surface area contributed by atoms with Gasteiger partial charge in [0, 0.05) is 26.1 Å². The highest BCUT2D eigenvalue weighted by Gasteiger charge is 2.81. The number of carbonyl (C=O) groups is 1. The topological polar surface area (TPSA) is 86.2 Å². The van der Waals surface area contributed by atoms with Crippen molar-refractivity contribution in [3.05, 3.63) is 60.5 Å². The summed E-state index contributed by atoms with van der Waals surface area (Å²) in [5, 5.41) is 11.4. The molecule has 0 saturated carbocycles. The first kappa shape index (κ1) is 26.9. The molecule has 0 aromatic heterocycles. The summed E-state index contributed by atoms with van der Waals surface area (Å²) in [4.78, 5) is 22.1. The lowest BCUT2D eigenvalue weighted by Gasteiger charge is -2.36. The third kappa shape index (κ3) is 4.29. The molecule has 0 heterocycles. The molecule has 1 atom stereocenters. The minimum atomic E-state index is -6.94. The van der Waals surface area contributed by atoms with E-state index in [0.717, 1.165) is 18.2 Å². The number of nitro benzene ring substituents is 1. The Morgan fingerprint density at radius 3 is 1.73 bits per heavy atom. The van der Waals surface area contributed by atoms with E-state index < -0.39 is 71.7 Å². The summed E-state index contributed by atoms with van der Waals surface area (Å²) in [6.45, 7) is 0. The Balaban J connectivity index is 2.96. The van der Waals surface area contributed by atoms with Gasteiger partial charge in [-0.05, 0) is 18.2 Å². The fraction of sp³-hybridized carbons (Fsp3) is 0.235. The number of halogens is 11. The third-order valence-corrected chi connectivity index (χ3v) is 5.62. The van der Waals surface area contributed by atoms with Crippen molar-refractivity contribution in [2.24, 2.45) is 5.73 Å². The van der Waals surface area contributed by atoms with Crippen LogP contribution in [-0.2, 0) is 5.67 Å². The van der Waals surface area contributed by atoms with E-state index in [4.69, 9.17) is 5.73 Å². The molecule has 2 aromatic carbocycles. The normalized spacial score (nSPS) is 14.6. The van der Waals surface area contributed by atoms with Crippen LogP contribution in [0, 0.1) is 10.1 Å². The number of rotatable bonds is 5. The zero-order chi connectivity index (χ0) is 25.7. The molecule has 0 aliphatic rings. The second-order valence-electron chi connectivity index (χ2n) is 6.36. The van der Waals surface area contributed by atoms with Crippen molar-refractivity contribution in [1.82, 2.24) is 0 Å². The molecule has 180 valence electrons. The highest BCUT2D eigenvalue weighted by molar-refractivity contribution is 9.11. The van der Waals surface area contributed by atoms with Gasteiger partial charge in [-0.2, -0.15) is 35.1 Å². The van der Waals surface area contributed by atoms with Crippen LogP contribution in [0.3, 0.4) is 0 Å². The lowest BCUT2D eigenvalue weighted by Crippen LogP contribution is -2.59. The largest absolute Gasteiger partial charge is 0.457 e. The molecule has 0 fully saturated rings. The summed E-state index contributed by atoms with van der Waals surface area (Å²) in [6, 6.07) is 2.80. The van der Waals surface area contributed by atoms with Crippen LogP contribution >= 0.6 is 31.9 Å². The summed E-state index contributed by atoms with van der Waals surface area (Å²) < 4.78 is 119. The van der Waals surface area contributed by atoms with Gasteiger partial charge in [0.1, 0.15) is 0 Å². The van der Waals surface area contributed by atoms with Crippen LogP contribution in [0.15, 0.2) is 39.3 Å². The van der Waals surface area contributed by atoms with Gasteiger partial charge >= 0.3 is 23.9 Å². The Kier molecular flexibility index (Phi) is 6.89. The molecule has 2 rings (SSSR count). The number of hydrogen-bond acceptors (Lipinski definition) is 3. The van der Waals surface area contributed by atoms with Crippen LogP contribution in [0.25, 0.3) is 11.1 Å². The molecule has 2 aromatic rings. The molecule has 16 heteroatoms. The lowest BCUT2D eigenvalue weighted by atomic mass is 9.86. The number of nitrogens with zero attached hydrogens (tertiary/aromatic N) is 1. The number of nitrogens with two attached hydrogens (primary N) is 1. The van der Waals surface area contributed by atoms with Gasteiger partial charge in [-0.3, -0.25) is 14.9 Å². The van der Waals surface area contributed by atoms with Crippen molar-refractivity contribution >= 4 is 43.5 Å². The zero-order valence-electron chi connectivity index (χ0n) is 15.3. The molecule has 2 N–H and O–H groups in total. The smallest absolute Gasteiger partial charge is 0.366 e. The Morgan fingerprint density at radius 2 is 1.36 bits per heavy atom. The van der Waals surface area contributed by atoms with Crippen LogP contribution in [0.4, 0.5) is 45.2 Å². The molecule has 33 heavy (non-hydrogen) atoms. The summed E-state index contributed by atoms with van der Waals surface area (Å²) >= 11 is 5.23. The molecule has 1 unspecified atom stereocenters. The van der Waals surface area contributed by atoms with Gasteiger partial charge < -0.3 is 5.73 Å². The first-order chi connectivity index (χ1) is 14.8. The highest BCUT2D eigenvalue weighted by atomic mass is 79.9. The first-order valence-corrected chi connectivity index (χ1v) is 9.65. The summed E-state index contributed by atoms with van der Waals surface area (Å²) in [6.07, 6.45) is -13.7. The van der Waals surface area contributed by atoms with E-state index in [1.54, 1.807) is 0 Å². The van der Waals surface area contributed by atoms with Crippen LogP contribution in [0.1, 0.15) is 15.9 Å². The second kappa shape index (κ2) is 8.45. The summed E-state index contributed by atoms with van der Waals surface area (Å²) in [5.74, 6) is -8.16. The lowest BCUT2D eigenvalue weighted by molar-refractivity contribution is -0.389. The van der Waals surface area contributed by atoms with Gasteiger partial charge in [-0.15, -0.1) is 0 Å². The highest BCUT2D eigenvalue weighted by Crippen LogP contribution is 2.59. The molecular weight excluding hydrogens is 611 g/mol. The predicted molar refractivity (Wildman–Crippen MR) is 102 cm³/mol. The number of hydrogen-bond donors (Lipinski definition) is 1. The van der Waals surface area contributed by atoms with E-state index in [9.17, 15) is 54.4 Å². The molecular formula is C17H7Br2F9N2O3. The van der Waals surface area contributed by atoms with Crippen molar-refractivity contribution in [2.45, 2.75) is 23.9 Å². The predicted octanol–water partition coefficient (Wildman–Crippen LogP) is 6.81. The molecule has 0 saturated heterocycles. The van der Waals surface area contributed by atoms with Crippen molar-refractivity contribution < 1.29 is 49.2 Å². The Bertz CT molecular complexity index is 1080. The molecule has 1 amide bonds. The van der Waals surface area contributed by atoms with E-state index >= 15 is 0 Å². The quantitative estimate of drug-likeness (QED) is 0.227. The Labute approximate surface area is 194 Å². The Hall–Kier alpha value is -2.36. The van der Waals surface area contributed by atoms with E-state index in [1.165, 1.54) is 0 Å². The van der Waals surface area contributed by atoms with Gasteiger partial charge in [0.15, 0.2) is 0 Å². The van der Waals surface area contributed by atoms with Gasteiger partial charge in [-0.25, -0.2) is 4.39 Å². The number of benzene rings is 2. The van der Waals surface area contributed by atoms with E-state index in [2.05, 4.69) is 31.9 Å². The first-order valence-electron chi connectivity index (χ1n) is 8.06. The van der Waals surface area contributed by atoms with Crippen molar-refractivity contribution in [3.8, 4) is 11.1 Å². The number of alkyl halides is 9. The maximum Gasteiger partial charge on any atom is 0.457 e. The number of amides is 1.